The molecule has 3 aromatic rings. The molecule has 0 amide bonds. The lowest BCUT2D eigenvalue weighted by Gasteiger charge is -2.13. The summed E-state index contributed by atoms with van der Waals surface area (Å²) < 4.78 is 87.9. The monoisotopic (exact) mass is 578 g/mol. The molecule has 0 aliphatic rings. The molecule has 0 aromatic heterocycles. The molecule has 0 bridgehead atoms. The van der Waals surface area contributed by atoms with Gasteiger partial charge >= 0.3 is 18.7 Å². The fraction of sp³-hybridized carbons (Fsp3) is 0.160. The van der Waals surface area contributed by atoms with Crippen molar-refractivity contribution < 1.29 is 50.5 Å². The summed E-state index contributed by atoms with van der Waals surface area (Å²) in [5.41, 5.74) is 1.50. The Morgan fingerprint density at radius 3 is 1.76 bits per heavy atom. The molecule has 0 unspecified atom stereocenters. The van der Waals surface area contributed by atoms with Gasteiger partial charge in [-0.05, 0) is 59.2 Å². The second-order valence-electron chi connectivity index (χ2n) is 7.35. The molecular weight excluding hydrogens is 562 g/mol. The smallest absolute Gasteiger partial charge is 0.480 e. The van der Waals surface area contributed by atoms with Crippen LogP contribution in [0, 0.1) is 0 Å². The molecule has 0 fully saturated rings. The fourth-order valence-corrected chi connectivity index (χ4v) is 4.23. The van der Waals surface area contributed by atoms with Gasteiger partial charge in [0.2, 0.25) is 0 Å². The number of hydrogen-bond donors (Lipinski definition) is 1. The summed E-state index contributed by atoms with van der Waals surface area (Å²) in [5, 5.41) is 8.91. The zero-order valence-corrected chi connectivity index (χ0v) is 20.5. The van der Waals surface area contributed by atoms with Crippen molar-refractivity contribution in [2.45, 2.75) is 17.6 Å². The van der Waals surface area contributed by atoms with Gasteiger partial charge in [0.05, 0.1) is 5.02 Å². The van der Waals surface area contributed by atoms with Crippen LogP contribution in [0.15, 0.2) is 77.7 Å². The molecule has 0 saturated carbocycles. The number of alkyl halides is 6. The second-order valence-corrected chi connectivity index (χ2v) is 8.85. The van der Waals surface area contributed by atoms with Crippen molar-refractivity contribution in [3.05, 3.63) is 89.0 Å². The second kappa shape index (κ2) is 12.4. The summed E-state index contributed by atoms with van der Waals surface area (Å²) in [7, 11) is 0. The highest BCUT2D eigenvalue weighted by molar-refractivity contribution is 7.99. The third-order valence-corrected chi connectivity index (χ3v) is 5.81. The number of rotatable bonds is 10. The number of carboxylic acid groups (broad SMARTS) is 1. The molecule has 202 valence electrons. The topological polar surface area (TPSA) is 65.0 Å². The van der Waals surface area contributed by atoms with Crippen LogP contribution in [0.1, 0.15) is 11.1 Å². The Morgan fingerprint density at radius 2 is 1.34 bits per heavy atom. The Balaban J connectivity index is 1.83. The van der Waals surface area contributed by atoms with E-state index in [4.69, 9.17) is 21.4 Å². The first-order chi connectivity index (χ1) is 17.8. The van der Waals surface area contributed by atoms with Crippen LogP contribution in [0.25, 0.3) is 5.57 Å². The normalized spacial score (nSPS) is 11.6. The Morgan fingerprint density at radius 1 is 0.842 bits per heavy atom. The van der Waals surface area contributed by atoms with Gasteiger partial charge < -0.3 is 19.3 Å². The van der Waals surface area contributed by atoms with Crippen LogP contribution in [0.4, 0.5) is 26.3 Å². The maximum absolute atomic E-state index is 12.5. The van der Waals surface area contributed by atoms with Crippen molar-refractivity contribution in [2.75, 3.05) is 12.4 Å². The highest BCUT2D eigenvalue weighted by Gasteiger charge is 2.31. The minimum Gasteiger partial charge on any atom is -0.480 e. The Bertz CT molecular complexity index is 1210. The SMILES string of the molecule is O=C(O)COc1ccc(SCC=C(c2ccc(OC(F)(F)F)cc2)c2ccc(OC(F)(F)F)cc2)cc1Cl. The van der Waals surface area contributed by atoms with Crippen LogP contribution in [0.5, 0.6) is 17.2 Å². The zero-order valence-electron chi connectivity index (χ0n) is 19.0. The van der Waals surface area contributed by atoms with E-state index in [0.29, 0.717) is 27.3 Å². The van der Waals surface area contributed by atoms with Crippen LogP contribution >= 0.6 is 23.4 Å². The maximum atomic E-state index is 12.5. The number of benzene rings is 3. The third kappa shape index (κ3) is 9.42. The molecular formula is C25H17ClF6O5S. The highest BCUT2D eigenvalue weighted by Crippen LogP contribution is 2.33. The predicted molar refractivity (Wildman–Crippen MR) is 129 cm³/mol. The van der Waals surface area contributed by atoms with Gasteiger partial charge in [-0.3, -0.25) is 0 Å². The van der Waals surface area contributed by atoms with Crippen molar-refractivity contribution in [3.8, 4) is 17.2 Å². The van der Waals surface area contributed by atoms with E-state index in [-0.39, 0.29) is 10.8 Å². The number of carboxylic acids is 1. The number of thioether (sulfide) groups is 1. The Kier molecular flexibility index (Phi) is 9.45. The van der Waals surface area contributed by atoms with Crippen LogP contribution in [0.3, 0.4) is 0 Å². The molecule has 0 atom stereocenters. The first-order valence-electron chi connectivity index (χ1n) is 10.5. The van der Waals surface area contributed by atoms with Gasteiger partial charge in [-0.1, -0.05) is 41.9 Å². The van der Waals surface area contributed by atoms with Crippen molar-refractivity contribution in [2.24, 2.45) is 0 Å². The van der Waals surface area contributed by atoms with Gasteiger partial charge in [-0.25, -0.2) is 4.79 Å². The van der Waals surface area contributed by atoms with Gasteiger partial charge in [0, 0.05) is 10.6 Å². The van der Waals surface area contributed by atoms with Gasteiger partial charge in [-0.15, -0.1) is 38.1 Å². The minimum atomic E-state index is -4.86. The number of aliphatic carboxylic acids is 1. The number of halogens is 7. The van der Waals surface area contributed by atoms with Crippen LogP contribution in [-0.2, 0) is 4.79 Å². The Hall–Kier alpha value is -3.51. The average Bonchev–Trinajstić information content (AvgIpc) is 2.81. The fourth-order valence-electron chi connectivity index (χ4n) is 3.12. The predicted octanol–water partition coefficient (Wildman–Crippen LogP) is 7.82. The summed E-state index contributed by atoms with van der Waals surface area (Å²) in [6.07, 6.45) is -7.98. The molecule has 3 rings (SSSR count). The summed E-state index contributed by atoms with van der Waals surface area (Å²) in [5.74, 6) is -1.49. The number of ether oxygens (including phenoxy) is 3. The minimum absolute atomic E-state index is 0.192. The lowest BCUT2D eigenvalue weighted by atomic mass is 9.97. The summed E-state index contributed by atoms with van der Waals surface area (Å²) in [6.45, 7) is -0.558. The highest BCUT2D eigenvalue weighted by atomic mass is 35.5. The largest absolute Gasteiger partial charge is 0.573 e. The van der Waals surface area contributed by atoms with E-state index in [1.807, 2.05) is 0 Å². The van der Waals surface area contributed by atoms with E-state index < -0.39 is 36.8 Å². The first kappa shape index (κ1) is 29.1. The van der Waals surface area contributed by atoms with Crippen molar-refractivity contribution >= 4 is 34.9 Å². The lowest BCUT2D eigenvalue weighted by Crippen LogP contribution is -2.17. The quantitative estimate of drug-likeness (QED) is 0.195. The van der Waals surface area contributed by atoms with E-state index in [2.05, 4.69) is 9.47 Å². The average molecular weight is 579 g/mol. The summed E-state index contributed by atoms with van der Waals surface area (Å²) >= 11 is 7.46. The van der Waals surface area contributed by atoms with E-state index in [1.54, 1.807) is 18.2 Å². The molecule has 13 heteroatoms. The number of hydrogen-bond acceptors (Lipinski definition) is 5. The molecule has 0 heterocycles. The summed E-state index contributed by atoms with van der Waals surface area (Å²) in [4.78, 5) is 11.4. The van der Waals surface area contributed by atoms with E-state index >= 15 is 0 Å². The van der Waals surface area contributed by atoms with Gasteiger partial charge in [0.15, 0.2) is 6.61 Å². The van der Waals surface area contributed by atoms with Crippen molar-refractivity contribution in [1.29, 1.82) is 0 Å². The number of carbonyl (C=O) groups is 1. The molecule has 3 aromatic carbocycles. The molecule has 0 aliphatic heterocycles. The first-order valence-corrected chi connectivity index (χ1v) is 11.8. The Labute approximate surface area is 221 Å². The summed E-state index contributed by atoms with van der Waals surface area (Å²) in [6, 6.07) is 14.8. The molecule has 0 spiro atoms. The third-order valence-electron chi connectivity index (χ3n) is 4.59. The molecule has 5 nitrogen and oxygen atoms in total. The van der Waals surface area contributed by atoms with E-state index in [1.165, 1.54) is 42.1 Å². The van der Waals surface area contributed by atoms with E-state index in [0.717, 1.165) is 24.3 Å². The molecule has 0 saturated heterocycles. The standard InChI is InChI=1S/C25H17ClF6O5S/c26-21-13-19(9-10-22(21)35-14-23(33)34)38-12-11-20(15-1-5-17(6-2-15)36-24(27,28)29)16-3-7-18(8-4-16)37-25(30,31)32/h1-11,13H,12,14H2,(H,33,34). The van der Waals surface area contributed by atoms with Crippen molar-refractivity contribution in [3.63, 3.8) is 0 Å². The molecule has 0 aliphatic carbocycles. The molecule has 0 radical (unpaired) electrons. The molecule has 38 heavy (non-hydrogen) atoms. The molecule has 1 N–H and O–H groups in total. The van der Waals surface area contributed by atoms with Crippen LogP contribution < -0.4 is 14.2 Å². The van der Waals surface area contributed by atoms with Crippen molar-refractivity contribution in [1.82, 2.24) is 0 Å². The van der Waals surface area contributed by atoms with Gasteiger partial charge in [-0.2, -0.15) is 0 Å². The zero-order chi connectivity index (χ0) is 27.9. The van der Waals surface area contributed by atoms with E-state index in [9.17, 15) is 31.1 Å². The van der Waals surface area contributed by atoms with Gasteiger partial charge in [0.1, 0.15) is 17.2 Å². The van der Waals surface area contributed by atoms with Crippen LogP contribution in [-0.4, -0.2) is 36.2 Å². The van der Waals surface area contributed by atoms with Gasteiger partial charge in [0.25, 0.3) is 0 Å². The van der Waals surface area contributed by atoms with Crippen LogP contribution in [0.2, 0.25) is 5.02 Å². The lowest BCUT2D eigenvalue weighted by molar-refractivity contribution is -0.275. The maximum Gasteiger partial charge on any atom is 0.573 e.